The van der Waals surface area contributed by atoms with Crippen LogP contribution in [0.25, 0.3) is 29.1 Å². The monoisotopic (exact) mass is 756 g/mol. The molecule has 3 aromatic rings. The van der Waals surface area contributed by atoms with Crippen molar-refractivity contribution in [2.24, 2.45) is 23.7 Å². The number of hydrogen-bond acceptors (Lipinski definition) is 5. The molecule has 10 heteroatoms. The van der Waals surface area contributed by atoms with Gasteiger partial charge in [-0.3, -0.25) is 9.59 Å². The summed E-state index contributed by atoms with van der Waals surface area (Å²) in [6.45, 7) is 19.3. The first-order valence-corrected chi connectivity index (χ1v) is 19.7. The van der Waals surface area contributed by atoms with E-state index >= 15 is 0 Å². The Bertz CT molecular complexity index is 2160. The predicted octanol–water partition coefficient (Wildman–Crippen LogP) is 6.46. The summed E-state index contributed by atoms with van der Waals surface area (Å²) in [5.74, 6) is -1.24. The van der Waals surface area contributed by atoms with Crippen LogP contribution in [0.3, 0.4) is 0 Å². The van der Waals surface area contributed by atoms with Gasteiger partial charge in [-0.2, -0.15) is 11.4 Å². The van der Waals surface area contributed by atoms with Crippen molar-refractivity contribution in [1.29, 1.82) is 0 Å². The van der Waals surface area contributed by atoms with E-state index in [2.05, 4.69) is 61.5 Å². The minimum absolute atomic E-state index is 0. The molecule has 0 spiro atoms. The topological polar surface area (TPSA) is 129 Å². The Labute approximate surface area is 342 Å². The molecule has 1 aliphatic carbocycles. The molecule has 0 aromatic carbocycles. The van der Waals surface area contributed by atoms with Gasteiger partial charge in [-0.1, -0.05) is 98.2 Å². The summed E-state index contributed by atoms with van der Waals surface area (Å²) < 4.78 is 11.1. The van der Waals surface area contributed by atoms with Crippen LogP contribution in [0.2, 0.25) is 0 Å². The van der Waals surface area contributed by atoms with Crippen LogP contribution in [0.15, 0.2) is 23.0 Å². The molecule has 8 bridgehead atoms. The van der Waals surface area contributed by atoms with Crippen LogP contribution in [-0.4, -0.2) is 59.9 Å². The Kier molecular flexibility index (Phi) is 13.7. The molecule has 55 heavy (non-hydrogen) atoms. The summed E-state index contributed by atoms with van der Waals surface area (Å²) in [5, 5.41) is 18.2. The average molecular weight is 757 g/mol. The van der Waals surface area contributed by atoms with Crippen LogP contribution in [-0.2, 0) is 27.1 Å². The molecule has 1 fully saturated rings. The van der Waals surface area contributed by atoms with Crippen molar-refractivity contribution in [3.8, 4) is 0 Å². The first kappa shape index (κ1) is 42.6. The smallest absolute Gasteiger partial charge is 0.664 e. The number of aliphatic hydroxyl groups is 1. The van der Waals surface area contributed by atoms with Gasteiger partial charge < -0.3 is 34.8 Å². The van der Waals surface area contributed by atoms with Gasteiger partial charge in [-0.25, -0.2) is 0 Å². The molecule has 3 aliphatic rings. The second kappa shape index (κ2) is 17.7. The summed E-state index contributed by atoms with van der Waals surface area (Å²) in [5.41, 5.74) is 11.8. The Hall–Kier alpha value is -3.57. The largest absolute Gasteiger partial charge is 2.00 e. The normalized spacial score (nSPS) is 23.1. The van der Waals surface area contributed by atoms with Gasteiger partial charge in [0.25, 0.3) is 0 Å². The van der Waals surface area contributed by atoms with E-state index < -0.39 is 12.2 Å². The van der Waals surface area contributed by atoms with Gasteiger partial charge in [-0.05, 0) is 83.6 Å². The molecule has 2 aliphatic heterocycles. The molecular weight excluding hydrogens is 701 g/mol. The number of nitrogens with zero attached hydrogens (tertiary/aromatic N) is 4. The first-order valence-electron chi connectivity index (χ1n) is 19.7. The number of carbonyl (C=O) groups excluding carboxylic acids is 2. The Morgan fingerprint density at radius 3 is 2.29 bits per heavy atom. The van der Waals surface area contributed by atoms with Crippen LogP contribution in [0.1, 0.15) is 135 Å². The fourth-order valence-electron chi connectivity index (χ4n) is 8.48. The van der Waals surface area contributed by atoms with Crippen LogP contribution in [0.5, 0.6) is 0 Å². The molecule has 1 saturated heterocycles. The van der Waals surface area contributed by atoms with E-state index in [1.54, 1.807) is 0 Å². The molecule has 1 unspecified atom stereocenters. The second-order valence-corrected chi connectivity index (χ2v) is 15.7. The summed E-state index contributed by atoms with van der Waals surface area (Å²) in [6.07, 6.45) is 12.2. The maximum absolute atomic E-state index is 14.3. The van der Waals surface area contributed by atoms with Gasteiger partial charge in [0.2, 0.25) is 0 Å². The molecule has 9 nitrogen and oxygen atoms in total. The number of carbonyl (C=O) groups is 2. The quantitative estimate of drug-likeness (QED) is 0.0911. The first-order chi connectivity index (χ1) is 25.8. The number of hydrogen-bond donors (Lipinski definition) is 1. The summed E-state index contributed by atoms with van der Waals surface area (Å²) in [4.78, 5) is 42.9. The minimum Gasteiger partial charge on any atom is -0.664 e. The van der Waals surface area contributed by atoms with Crippen LogP contribution in [0, 0.1) is 44.4 Å². The standard InChI is InChI=1S/C45H57N4O5.Mg/c1-11-29-25(6)32-20-34-27(8)31(16-17-38(50)54-19-18-24(5)15-13-14-23(3)4)42(48-34)40-41(45(52)53-10)44(51)39-28(9)35(49-43(39)40)22-37-30(12-2)26(7)33(47-37)21-36(29)46-32;/h18,20-23,27,31,41,45,52H,11-17,19H2,1-10H3,(H-,48,49,51);/q-3;+2/p-1/b24-18+,33-21-,34-20-,37-22-;/t27-,31-,41+,45?;/m0./s1. The number of ether oxygens (including phenoxy) is 2. The van der Waals surface area contributed by atoms with Crippen LogP contribution in [0.4, 0.5) is 0 Å². The van der Waals surface area contributed by atoms with Gasteiger partial charge in [0, 0.05) is 19.1 Å². The van der Waals surface area contributed by atoms with Crippen molar-refractivity contribution in [2.75, 3.05) is 13.7 Å². The third kappa shape index (κ3) is 8.29. The minimum atomic E-state index is -1.40. The molecule has 6 rings (SSSR count). The molecule has 0 radical (unpaired) electrons. The van der Waals surface area contributed by atoms with Crippen molar-refractivity contribution >= 4 is 58.6 Å². The zero-order valence-corrected chi connectivity index (χ0v) is 35.8. The van der Waals surface area contributed by atoms with Crippen LogP contribution >= 0.6 is 0 Å². The maximum Gasteiger partial charge on any atom is 2.00 e. The number of allylic oxidation sites excluding steroid dienone is 3. The maximum atomic E-state index is 14.3. The molecule has 4 atom stereocenters. The Balaban J connectivity index is 0.00000580. The van der Waals surface area contributed by atoms with Crippen molar-refractivity contribution in [1.82, 2.24) is 15.0 Å². The number of ketones is 1. The van der Waals surface area contributed by atoms with Crippen molar-refractivity contribution in [2.45, 2.75) is 114 Å². The van der Waals surface area contributed by atoms with E-state index in [0.29, 0.717) is 40.6 Å². The number of aromatic nitrogens is 3. The second-order valence-electron chi connectivity index (χ2n) is 15.7. The Morgan fingerprint density at radius 1 is 0.927 bits per heavy atom. The third-order valence-electron chi connectivity index (χ3n) is 11.8. The molecular formula is C45H56MgN4O5-2. The van der Waals surface area contributed by atoms with Crippen LogP contribution < -0.4 is 25.7 Å². The van der Waals surface area contributed by atoms with Gasteiger partial charge in [0.1, 0.15) is 6.61 Å². The third-order valence-corrected chi connectivity index (χ3v) is 11.8. The number of methoxy groups -OCH3 is 1. The van der Waals surface area contributed by atoms with Gasteiger partial charge in [0.05, 0.1) is 5.92 Å². The van der Waals surface area contributed by atoms with Crippen molar-refractivity contribution < 1.29 is 24.2 Å². The fourth-order valence-corrected chi connectivity index (χ4v) is 8.48. The van der Waals surface area contributed by atoms with E-state index in [4.69, 9.17) is 29.7 Å². The molecule has 0 saturated carbocycles. The van der Waals surface area contributed by atoms with E-state index in [1.807, 2.05) is 25.2 Å². The summed E-state index contributed by atoms with van der Waals surface area (Å²) in [7, 11) is 1.39. The fraction of sp³-hybridized carbons (Fsp3) is 0.511. The van der Waals surface area contributed by atoms with E-state index in [-0.39, 0.29) is 59.7 Å². The zero-order valence-electron chi connectivity index (χ0n) is 34.4. The number of esters is 1. The SMILES string of the molecule is CCc1c2[n-]c(c1C)/C=C1\[N-]/C(=C3\c4[n-]c(c(C)c4C(=O)[C@@H]3C(O)OC)/C=c3\[n-]/c(c(C)c3CC)=C\2)[C@@H](CCC(=O)OC/C=C(\C)CCCC(C)C)[C@@H]1C.[Mg+2]. The molecule has 0 amide bonds. The van der Waals surface area contributed by atoms with Gasteiger partial charge >= 0.3 is 29.0 Å². The number of fused-ring (bicyclic) bond motifs is 7. The molecule has 290 valence electrons. The number of Topliss-reactive ketones (excluding diaryl/α,β-unsaturated/α-hetero) is 1. The average Bonchev–Trinajstić information content (AvgIpc) is 3.87. The van der Waals surface area contributed by atoms with E-state index in [0.717, 1.165) is 81.3 Å². The Morgan fingerprint density at radius 2 is 1.62 bits per heavy atom. The number of rotatable bonds is 13. The van der Waals surface area contributed by atoms with Gasteiger partial charge in [-0.15, -0.1) is 33.5 Å². The predicted molar refractivity (Wildman–Crippen MR) is 219 cm³/mol. The summed E-state index contributed by atoms with van der Waals surface area (Å²) in [6, 6.07) is 0. The van der Waals surface area contributed by atoms with Crippen molar-refractivity contribution in [3.05, 3.63) is 95.2 Å². The number of aliphatic hydroxyl groups excluding tert-OH is 1. The molecule has 1 N–H and O–H groups in total. The zero-order chi connectivity index (χ0) is 39.0. The van der Waals surface area contributed by atoms with Crippen molar-refractivity contribution in [3.63, 3.8) is 0 Å². The van der Waals surface area contributed by atoms with E-state index in [1.165, 1.54) is 19.1 Å². The van der Waals surface area contributed by atoms with E-state index in [9.17, 15) is 14.7 Å². The van der Waals surface area contributed by atoms with Gasteiger partial charge in [0.15, 0.2) is 12.1 Å². The molecule has 3 aromatic heterocycles. The summed E-state index contributed by atoms with van der Waals surface area (Å²) >= 11 is 0. The molecule has 5 heterocycles.